The van der Waals surface area contributed by atoms with E-state index in [1.807, 2.05) is 6.92 Å². The Labute approximate surface area is 791 Å². The maximum atomic E-state index is 15.7. The smallest absolute Gasteiger partial charge is 0.303 e. The number of hydrogen-bond donors (Lipinski definition) is 20. The van der Waals surface area contributed by atoms with Crippen LogP contribution in [0.1, 0.15) is 145 Å². The lowest BCUT2D eigenvalue weighted by molar-refractivity contribution is -0.149. The number of fused-ring (bicyclic) bond motifs is 5. The van der Waals surface area contributed by atoms with Gasteiger partial charge in [-0.25, -0.2) is 4.98 Å². The highest BCUT2D eigenvalue weighted by Gasteiger charge is 2.48. The van der Waals surface area contributed by atoms with Gasteiger partial charge in [0.2, 0.25) is 100 Å². The average Bonchev–Trinajstić information content (AvgIpc) is 1.68. The minimum Gasteiger partial charge on any atom is -0.508 e. The minimum atomic E-state index is -1.96. The number of nitrogens with zero attached hydrogens (tertiary/aromatic N) is 6. The number of benzene rings is 3. The Bertz CT molecular complexity index is 5360. The zero-order valence-electron chi connectivity index (χ0n) is 76.4. The zero-order valence-corrected chi connectivity index (χ0v) is 77.3. The number of aliphatic hydroxyl groups excluding tert-OH is 2. The van der Waals surface area contributed by atoms with Gasteiger partial charge in [0.25, 0.3) is 0 Å². The highest BCUT2D eigenvalue weighted by Crippen LogP contribution is 2.29. The third-order valence-corrected chi connectivity index (χ3v) is 25.7. The number of nitrogens with one attached hydrogen (secondary N) is 13. The summed E-state index contributed by atoms with van der Waals surface area (Å²) in [6.45, 7) is 0.762. The highest BCUT2D eigenvalue weighted by molar-refractivity contribution is 8.00. The van der Waals surface area contributed by atoms with Gasteiger partial charge in [0.1, 0.15) is 90.3 Å². The number of rotatable bonds is 26. The number of primary amides is 2. The summed E-state index contributed by atoms with van der Waals surface area (Å²) >= 11 is 0.713. The predicted octanol–water partition coefficient (Wildman–Crippen LogP) is -2.97. The van der Waals surface area contributed by atoms with Gasteiger partial charge >= 0.3 is 11.9 Å². The van der Waals surface area contributed by atoms with Crippen molar-refractivity contribution in [2.75, 3.05) is 58.4 Å². The minimum absolute atomic E-state index is 0.0426. The molecule has 3 aromatic carbocycles. The first kappa shape index (κ1) is 105. The lowest BCUT2D eigenvalue weighted by Gasteiger charge is -2.38. The van der Waals surface area contributed by atoms with Crippen LogP contribution in [0.3, 0.4) is 0 Å². The Kier molecular flexibility index (Phi) is 38.3. The Morgan fingerprint density at radius 2 is 0.993 bits per heavy atom. The molecule has 10 rings (SSSR count). The van der Waals surface area contributed by atoms with Crippen LogP contribution in [0.15, 0.2) is 97.7 Å². The number of piperidine rings is 1. The average molecular weight is 1930 g/mol. The number of phenolic OH excluding ortho intramolecular Hbond substituents is 1. The number of unbranched alkanes of at least 4 members (excludes halogenated alkanes) is 2. The Hall–Kier alpha value is -14.1. The molecule has 46 heteroatoms. The van der Waals surface area contributed by atoms with E-state index in [9.17, 15) is 68.7 Å². The number of phenols is 1. The van der Waals surface area contributed by atoms with Crippen molar-refractivity contribution in [3.05, 3.63) is 120 Å². The van der Waals surface area contributed by atoms with Crippen LogP contribution in [0.2, 0.25) is 0 Å². The lowest BCUT2D eigenvalue weighted by Crippen LogP contribution is -2.62. The molecule has 0 spiro atoms. The van der Waals surface area contributed by atoms with Crippen LogP contribution in [-0.2, 0) is 117 Å². The lowest BCUT2D eigenvalue weighted by atomic mass is 9.97. The van der Waals surface area contributed by atoms with E-state index in [4.69, 9.17) is 11.5 Å². The molecular formula is C91H121N21O24S. The number of nitrogens with two attached hydrogens (primary N) is 2. The van der Waals surface area contributed by atoms with Gasteiger partial charge in [0.15, 0.2) is 0 Å². The maximum Gasteiger partial charge on any atom is 0.303 e. The summed E-state index contributed by atoms with van der Waals surface area (Å²) in [5, 5.41) is 79.9. The number of carboxylic acid groups (broad SMARTS) is 2. The molecule has 0 radical (unpaired) electrons. The summed E-state index contributed by atoms with van der Waals surface area (Å²) in [7, 11) is 2.57. The number of carbonyl (C=O) groups is 19. The van der Waals surface area contributed by atoms with Crippen LogP contribution >= 0.6 is 11.8 Å². The van der Waals surface area contributed by atoms with E-state index in [2.05, 4.69) is 73.1 Å². The molecule has 45 nitrogen and oxygen atoms in total. The predicted molar refractivity (Wildman–Crippen MR) is 492 cm³/mol. The molecule has 0 aliphatic carbocycles. The fourth-order valence-corrected chi connectivity index (χ4v) is 18.2. The second-order valence-electron chi connectivity index (χ2n) is 34.6. The van der Waals surface area contributed by atoms with Crippen LogP contribution in [0.5, 0.6) is 5.75 Å². The number of aromatic nitrogens is 4. The summed E-state index contributed by atoms with van der Waals surface area (Å²) in [5.41, 5.74) is 13.9. The van der Waals surface area contributed by atoms with Gasteiger partial charge < -0.3 is 130 Å². The van der Waals surface area contributed by atoms with E-state index in [1.54, 1.807) is 67.8 Å². The topological polar surface area (TPSA) is 674 Å². The van der Waals surface area contributed by atoms with Gasteiger partial charge in [-0.05, 0) is 98.7 Å². The monoisotopic (exact) mass is 1920 g/mol. The first-order valence-electron chi connectivity index (χ1n) is 45.6. The van der Waals surface area contributed by atoms with E-state index in [0.717, 1.165) is 19.6 Å². The molecule has 6 aromatic rings. The molecule has 15 atom stereocenters. The number of aliphatic hydroxyl groups is 2. The number of aromatic amines is 3. The molecule has 740 valence electrons. The molecule has 137 heavy (non-hydrogen) atoms. The fraction of sp³-hybridized carbons (Fsp3) is 0.516. The van der Waals surface area contributed by atoms with Crippen molar-refractivity contribution in [2.24, 2.45) is 11.5 Å². The molecular weight excluding hydrogens is 1800 g/mol. The maximum absolute atomic E-state index is 15.7. The second kappa shape index (κ2) is 50.0. The summed E-state index contributed by atoms with van der Waals surface area (Å²) in [6, 6.07) is -3.94. The molecule has 0 saturated carbocycles. The van der Waals surface area contributed by atoms with Crippen molar-refractivity contribution in [1.82, 2.24) is 97.6 Å². The van der Waals surface area contributed by atoms with E-state index in [1.165, 1.54) is 55.8 Å². The van der Waals surface area contributed by atoms with E-state index in [0.29, 0.717) is 75.9 Å². The molecule has 4 aliphatic heterocycles. The normalized spacial score (nSPS) is 25.0. The number of imidazole rings is 1. The van der Waals surface area contributed by atoms with E-state index >= 15 is 47.9 Å². The first-order valence-corrected chi connectivity index (χ1v) is 46.8. The van der Waals surface area contributed by atoms with Crippen molar-refractivity contribution in [1.29, 1.82) is 0 Å². The number of hydrogen-bond acceptors (Lipinski definition) is 24. The highest BCUT2D eigenvalue weighted by atomic mass is 32.2. The van der Waals surface area contributed by atoms with Gasteiger partial charge in [-0.2, -0.15) is 0 Å². The molecule has 0 bridgehead atoms. The molecule has 4 saturated heterocycles. The summed E-state index contributed by atoms with van der Waals surface area (Å²) < 4.78 is 0. The number of carbonyl (C=O) groups excluding carboxylic acids is 17. The Balaban J connectivity index is 1.03. The number of para-hydroxylation sites is 2. The number of H-pyrrole nitrogens is 3. The largest absolute Gasteiger partial charge is 0.508 e. The number of carboxylic acids is 2. The summed E-state index contributed by atoms with van der Waals surface area (Å²) in [6.07, 6.45) is 0.499. The standard InChI is InChI=1S/C91H121N21O24S/c1-5-7-20-68-83(128)100-59(28-30-76(119)120)79(124)107-67(78(123)97-43-74(93)117)46-137-47-75(118)99-63(34-49-24-26-53(114)27-25-49)89(134)110-32-14-13-22-69(110)85(130)105-65(39-73(92)116)90(135)111-33-15-23-70(111)84(129)103-62(37-52-42-94-48-98-52)81(126)101-60(29-31-77(121)122)88(133)112-44-54(115)38-72(112)86(131)102-61(35-50-40-95-57-18-11-9-16-55(50)57)80(125)106-66(45-113)82(127)104-64(36-51-41-96-58-19-12-10-17-56(51)58)87(132)109(4)71(21-8-6-2)91(136)108(68)3/h9-12,16-19,24-27,40-42,48,54,59-72,95-96,113-115H,5-8,13-15,20-23,28-39,43-47H2,1-4H3,(H2,92,116)(H2,93,117)(H,94,98)(H,97,123)(H,99,118)(H,100,128)(H,101,126)(H,102,131)(H,103,129)(H,104,127)(H,105,130)(H,106,125)(H,107,124)(H,119,120)(H,121,122)/t54-,59+,60+,61+,62+,63+,64+,65+,66+,67+,68+,69+,70+,71+,72+/m1/s1. The van der Waals surface area contributed by atoms with Gasteiger partial charge in [-0.3, -0.25) is 91.1 Å². The molecule has 4 aliphatic rings. The van der Waals surface area contributed by atoms with Crippen molar-refractivity contribution in [3.8, 4) is 5.75 Å². The third kappa shape index (κ3) is 28.8. The molecule has 4 fully saturated rings. The van der Waals surface area contributed by atoms with Crippen LogP contribution in [0.4, 0.5) is 0 Å². The number of amides is 17. The Morgan fingerprint density at radius 3 is 1.58 bits per heavy atom. The van der Waals surface area contributed by atoms with Crippen molar-refractivity contribution >= 4 is 146 Å². The molecule has 17 amide bonds. The number of thioether (sulfide) groups is 1. The number of aliphatic carboxylic acids is 2. The van der Waals surface area contributed by atoms with Crippen molar-refractivity contribution in [2.45, 2.75) is 239 Å². The zero-order chi connectivity index (χ0) is 99.4. The van der Waals surface area contributed by atoms with E-state index in [-0.39, 0.29) is 88.7 Å². The molecule has 7 heterocycles. The van der Waals surface area contributed by atoms with Gasteiger partial charge in [0, 0.05) is 131 Å². The molecule has 22 N–H and O–H groups in total. The van der Waals surface area contributed by atoms with Crippen LogP contribution in [0, 0.1) is 0 Å². The van der Waals surface area contributed by atoms with Gasteiger partial charge in [-0.15, -0.1) is 11.8 Å². The molecule has 3 aromatic heterocycles. The van der Waals surface area contributed by atoms with Crippen molar-refractivity contribution in [3.63, 3.8) is 0 Å². The third-order valence-electron chi connectivity index (χ3n) is 24.7. The Morgan fingerprint density at radius 1 is 0.496 bits per heavy atom. The first-order chi connectivity index (χ1) is 65.4. The van der Waals surface area contributed by atoms with Crippen molar-refractivity contribution < 1.29 is 117 Å². The second-order valence-corrected chi connectivity index (χ2v) is 35.7. The quantitative estimate of drug-likeness (QED) is 0.0258. The SMILES string of the molecule is CCCC[C@H]1C(=O)N(C)[C@@H](CCCC)C(=O)N[C@@H](CCC(=O)O)C(=O)N[C@H](C(=O)NCC(N)=O)CSCC(=O)N[C@@H](Cc2ccc(O)cc2)C(=O)N2CCCC[C@H]2C(=O)N[C@@H](CC(N)=O)C(=O)N2CCC[C@H]2C(=O)N[C@@H](Cc2cnc[nH]2)C(=O)N[C@@H](CCC(=O)O)C(=O)N2C[C@H](O)C[C@H]2C(=O)N[C@@H](Cc2c[nH]c3ccccc23)C(=O)N[C@@H](CO)C(=O)N[C@@H](Cc2c[nH]c3ccccc23)C(=O)N1C. The number of aromatic hydroxyl groups is 1. The van der Waals surface area contributed by atoms with E-state index < -0.39 is 279 Å². The summed E-state index contributed by atoms with van der Waals surface area (Å²) in [5.74, 6) is -21.5. The van der Waals surface area contributed by atoms with Crippen LogP contribution in [0.25, 0.3) is 21.8 Å². The van der Waals surface area contributed by atoms with Crippen LogP contribution < -0.4 is 64.6 Å². The fourth-order valence-electron chi connectivity index (χ4n) is 17.4. The van der Waals surface area contributed by atoms with Crippen LogP contribution in [-0.4, -0.2) is 331 Å². The number of likely N-dealkylation sites (N-methyl/N-ethyl adjacent to an activating group) is 2. The summed E-state index contributed by atoms with van der Waals surface area (Å²) in [4.78, 5) is 294. The van der Waals surface area contributed by atoms with Gasteiger partial charge in [0.05, 0.1) is 37.8 Å². The molecule has 0 unspecified atom stereocenters. The van der Waals surface area contributed by atoms with Gasteiger partial charge in [-0.1, -0.05) is 88.1 Å².